The molecule has 0 radical (unpaired) electrons. The molecule has 2 aromatic heterocycles. The molecule has 1 aliphatic rings. The van der Waals surface area contributed by atoms with E-state index in [9.17, 15) is 0 Å². The number of aromatic nitrogens is 4. The van der Waals surface area contributed by atoms with Crippen LogP contribution in [0.5, 0.6) is 0 Å². The van der Waals surface area contributed by atoms with Gasteiger partial charge in [0.15, 0.2) is 0 Å². The number of hydrogen-bond donors (Lipinski definition) is 1. The van der Waals surface area contributed by atoms with Gasteiger partial charge < -0.3 is 10.6 Å². The average Bonchev–Trinajstić information content (AvgIpc) is 2.95. The first-order valence-corrected chi connectivity index (χ1v) is 7.54. The van der Waals surface area contributed by atoms with E-state index in [-0.39, 0.29) is 24.0 Å². The lowest BCUT2D eigenvalue weighted by Crippen LogP contribution is -2.33. The summed E-state index contributed by atoms with van der Waals surface area (Å²) in [5.74, 6) is 1.90. The highest BCUT2D eigenvalue weighted by atomic mass is 127. The predicted octanol–water partition coefficient (Wildman–Crippen LogP) is 2.59. The van der Waals surface area contributed by atoms with Crippen LogP contribution >= 0.6 is 24.0 Å². The number of nitrogens with zero attached hydrogens (tertiary/aromatic N) is 5. The minimum atomic E-state index is 0. The van der Waals surface area contributed by atoms with Gasteiger partial charge in [0.05, 0.1) is 6.20 Å². The van der Waals surface area contributed by atoms with Crippen LogP contribution in [0.25, 0.3) is 0 Å². The summed E-state index contributed by atoms with van der Waals surface area (Å²) >= 11 is 0. The van der Waals surface area contributed by atoms with Gasteiger partial charge in [0, 0.05) is 37.6 Å². The van der Waals surface area contributed by atoms with Crippen molar-refractivity contribution in [2.24, 2.45) is 0 Å². The van der Waals surface area contributed by atoms with Gasteiger partial charge in [0.1, 0.15) is 5.82 Å². The molecule has 3 rings (SSSR count). The maximum Gasteiger partial charge on any atom is 0.222 e. The predicted molar refractivity (Wildman–Crippen MR) is 98.7 cm³/mol. The minimum Gasteiger partial charge on any atom is -0.368 e. The van der Waals surface area contributed by atoms with Crippen LogP contribution in [0.3, 0.4) is 0 Å². The Morgan fingerprint density at radius 1 is 1.27 bits per heavy atom. The standard InChI is InChI=1S/C15H22N6.HI/c1-3-21-10-13(9-17-21)12-4-6-20(7-5-12)14-8-11(2)18-15(16)19-14;/h8-10,12H,3-7H2,1-2H3,(H2,16,18,19);1H. The minimum absolute atomic E-state index is 0. The topological polar surface area (TPSA) is 72.9 Å². The molecule has 1 fully saturated rings. The van der Waals surface area contributed by atoms with Crippen LogP contribution in [-0.4, -0.2) is 32.8 Å². The Balaban J connectivity index is 0.00000176. The number of hydrogen-bond acceptors (Lipinski definition) is 5. The van der Waals surface area contributed by atoms with E-state index in [0.717, 1.165) is 44.0 Å². The number of piperidine rings is 1. The van der Waals surface area contributed by atoms with Crippen molar-refractivity contribution < 1.29 is 0 Å². The van der Waals surface area contributed by atoms with Crippen molar-refractivity contribution in [2.45, 2.75) is 39.2 Å². The van der Waals surface area contributed by atoms with Crippen molar-refractivity contribution in [2.75, 3.05) is 23.7 Å². The van der Waals surface area contributed by atoms with Crippen LogP contribution in [0.4, 0.5) is 11.8 Å². The zero-order chi connectivity index (χ0) is 14.8. The summed E-state index contributed by atoms with van der Waals surface area (Å²) in [5, 5.41) is 4.38. The Bertz CT molecular complexity index is 598. The fraction of sp³-hybridized carbons (Fsp3) is 0.533. The Morgan fingerprint density at radius 2 is 2.00 bits per heavy atom. The quantitative estimate of drug-likeness (QED) is 0.782. The molecule has 1 saturated heterocycles. The third kappa shape index (κ3) is 3.68. The summed E-state index contributed by atoms with van der Waals surface area (Å²) < 4.78 is 2.00. The second-order valence-corrected chi connectivity index (χ2v) is 5.62. The average molecular weight is 414 g/mol. The molecule has 0 amide bonds. The van der Waals surface area contributed by atoms with Gasteiger partial charge in [-0.25, -0.2) is 4.98 Å². The summed E-state index contributed by atoms with van der Waals surface area (Å²) in [6.07, 6.45) is 6.43. The zero-order valence-corrected chi connectivity index (χ0v) is 15.4. The van der Waals surface area contributed by atoms with Crippen molar-refractivity contribution in [1.82, 2.24) is 19.7 Å². The molecular weight excluding hydrogens is 391 g/mol. The van der Waals surface area contributed by atoms with Gasteiger partial charge in [-0.2, -0.15) is 10.1 Å². The number of halogens is 1. The number of aryl methyl sites for hydroxylation is 2. The molecule has 0 atom stereocenters. The highest BCUT2D eigenvalue weighted by molar-refractivity contribution is 14.0. The van der Waals surface area contributed by atoms with Crippen molar-refractivity contribution in [1.29, 1.82) is 0 Å². The summed E-state index contributed by atoms with van der Waals surface area (Å²) in [7, 11) is 0. The lowest BCUT2D eigenvalue weighted by atomic mass is 9.91. The van der Waals surface area contributed by atoms with Gasteiger partial charge >= 0.3 is 0 Å². The molecule has 0 aromatic carbocycles. The lowest BCUT2D eigenvalue weighted by Gasteiger charge is -2.32. The lowest BCUT2D eigenvalue weighted by molar-refractivity contribution is 0.502. The van der Waals surface area contributed by atoms with Gasteiger partial charge in [-0.05, 0) is 38.2 Å². The van der Waals surface area contributed by atoms with Gasteiger partial charge in [-0.15, -0.1) is 24.0 Å². The fourth-order valence-electron chi connectivity index (χ4n) is 2.94. The van der Waals surface area contributed by atoms with Gasteiger partial charge in [-0.1, -0.05) is 0 Å². The van der Waals surface area contributed by atoms with Gasteiger partial charge in [-0.3, -0.25) is 4.68 Å². The van der Waals surface area contributed by atoms with Crippen molar-refractivity contribution in [3.05, 3.63) is 29.7 Å². The molecule has 120 valence electrons. The molecule has 2 N–H and O–H groups in total. The summed E-state index contributed by atoms with van der Waals surface area (Å²) in [5.41, 5.74) is 8.02. The third-order valence-electron chi connectivity index (χ3n) is 4.13. The summed E-state index contributed by atoms with van der Waals surface area (Å²) in [4.78, 5) is 10.8. The highest BCUT2D eigenvalue weighted by Crippen LogP contribution is 2.29. The SMILES string of the molecule is CCn1cc(C2CCN(c3cc(C)nc(N)n3)CC2)cn1.I. The smallest absolute Gasteiger partial charge is 0.222 e. The summed E-state index contributed by atoms with van der Waals surface area (Å²) in [6, 6.07) is 2.01. The molecule has 0 spiro atoms. The van der Waals surface area contributed by atoms with Gasteiger partial charge in [0.25, 0.3) is 0 Å². The second kappa shape index (κ2) is 7.26. The van der Waals surface area contributed by atoms with E-state index in [0.29, 0.717) is 11.9 Å². The molecule has 2 aromatic rings. The van der Waals surface area contributed by atoms with E-state index in [1.165, 1.54) is 5.56 Å². The van der Waals surface area contributed by atoms with E-state index in [1.807, 2.05) is 23.9 Å². The first kappa shape index (κ1) is 17.0. The molecular formula is C15H23IN6. The first-order chi connectivity index (χ1) is 10.2. The number of anilines is 2. The van der Waals surface area contributed by atoms with E-state index in [4.69, 9.17) is 5.73 Å². The fourth-order valence-corrected chi connectivity index (χ4v) is 2.94. The van der Waals surface area contributed by atoms with Crippen molar-refractivity contribution in [3.63, 3.8) is 0 Å². The third-order valence-corrected chi connectivity index (χ3v) is 4.13. The second-order valence-electron chi connectivity index (χ2n) is 5.62. The van der Waals surface area contributed by atoms with Crippen LogP contribution in [0.15, 0.2) is 18.5 Å². The molecule has 22 heavy (non-hydrogen) atoms. The van der Waals surface area contributed by atoms with Crippen LogP contribution in [0.2, 0.25) is 0 Å². The normalized spacial score (nSPS) is 15.6. The van der Waals surface area contributed by atoms with Gasteiger partial charge in [0.2, 0.25) is 5.95 Å². The number of nitrogens with two attached hydrogens (primary N) is 1. The largest absolute Gasteiger partial charge is 0.368 e. The number of rotatable bonds is 3. The van der Waals surface area contributed by atoms with Crippen molar-refractivity contribution >= 4 is 35.7 Å². The van der Waals surface area contributed by atoms with E-state index >= 15 is 0 Å². The first-order valence-electron chi connectivity index (χ1n) is 7.54. The molecule has 0 aliphatic carbocycles. The summed E-state index contributed by atoms with van der Waals surface area (Å²) in [6.45, 7) is 6.99. The van der Waals surface area contributed by atoms with Crippen molar-refractivity contribution in [3.8, 4) is 0 Å². The molecule has 0 bridgehead atoms. The molecule has 0 unspecified atom stereocenters. The Labute approximate surface area is 148 Å². The van der Waals surface area contributed by atoms with E-state index in [1.54, 1.807) is 0 Å². The van der Waals surface area contributed by atoms with Crippen LogP contribution in [-0.2, 0) is 6.54 Å². The Morgan fingerprint density at radius 3 is 2.59 bits per heavy atom. The molecule has 1 aliphatic heterocycles. The molecule has 3 heterocycles. The Kier molecular flexibility index (Phi) is 5.60. The van der Waals surface area contributed by atoms with Crippen LogP contribution < -0.4 is 10.6 Å². The molecule has 0 saturated carbocycles. The number of nitrogen functional groups attached to an aromatic ring is 1. The van der Waals surface area contributed by atoms with E-state index < -0.39 is 0 Å². The Hall–Kier alpha value is -1.38. The monoisotopic (exact) mass is 414 g/mol. The highest BCUT2D eigenvalue weighted by Gasteiger charge is 2.22. The molecule has 7 heteroatoms. The molecule has 6 nitrogen and oxygen atoms in total. The van der Waals surface area contributed by atoms with Crippen LogP contribution in [0, 0.1) is 6.92 Å². The zero-order valence-electron chi connectivity index (χ0n) is 13.1. The van der Waals surface area contributed by atoms with E-state index in [2.05, 4.69) is 33.1 Å². The maximum atomic E-state index is 5.74. The maximum absolute atomic E-state index is 5.74. The van der Waals surface area contributed by atoms with Crippen LogP contribution in [0.1, 0.15) is 36.9 Å².